The Bertz CT molecular complexity index is 1540. The minimum atomic E-state index is -0.0417. The van der Waals surface area contributed by atoms with Crippen molar-refractivity contribution in [3.05, 3.63) is 150 Å². The molecule has 5 aromatic carbocycles. The summed E-state index contributed by atoms with van der Waals surface area (Å²) in [5.74, 6) is 0. The molecule has 0 bridgehead atoms. The SMILES string of the molecule is CC(C)(c1ccccc1)c1ccc2[cH-]c3ccc(C(C)(C)c4ccccc4)cc3c2c1.[C-]1=CC=CC1.[Zr+2]=[C]1CC1. The topological polar surface area (TPSA) is 0 Å². The van der Waals surface area contributed by atoms with E-state index in [9.17, 15) is 0 Å². The maximum atomic E-state index is 2.99. The van der Waals surface area contributed by atoms with Crippen molar-refractivity contribution in [2.75, 3.05) is 0 Å². The summed E-state index contributed by atoms with van der Waals surface area (Å²) >= 11 is 1.66. The first-order chi connectivity index (χ1) is 19.3. The molecule has 0 N–H and O–H groups in total. The van der Waals surface area contributed by atoms with Gasteiger partial charge in [0.1, 0.15) is 0 Å². The van der Waals surface area contributed by atoms with Crippen LogP contribution in [0.4, 0.5) is 0 Å². The molecule has 0 saturated heterocycles. The third-order valence-corrected chi connectivity index (χ3v) is 9.46. The van der Waals surface area contributed by atoms with Crippen LogP contribution in [0.15, 0.2) is 121 Å². The van der Waals surface area contributed by atoms with Gasteiger partial charge in [-0.15, -0.1) is 46.2 Å². The van der Waals surface area contributed by atoms with Crippen molar-refractivity contribution in [1.29, 1.82) is 0 Å². The first kappa shape index (κ1) is 28.5. The Morgan fingerprint density at radius 2 is 1.07 bits per heavy atom. The molecule has 5 aromatic rings. The second kappa shape index (κ2) is 12.2. The first-order valence-electron chi connectivity index (χ1n) is 14.3. The van der Waals surface area contributed by atoms with Gasteiger partial charge < -0.3 is 0 Å². The summed E-state index contributed by atoms with van der Waals surface area (Å²) in [4.78, 5) is 0. The molecule has 0 heterocycles. The number of rotatable bonds is 4. The summed E-state index contributed by atoms with van der Waals surface area (Å²) < 4.78 is 1.76. The monoisotopic (exact) mass is 596 g/mol. The fraction of sp³-hybridized carbons (Fsp3) is 0.231. The van der Waals surface area contributed by atoms with Crippen LogP contribution in [0.1, 0.15) is 69.2 Å². The van der Waals surface area contributed by atoms with Crippen LogP contribution in [0.2, 0.25) is 0 Å². The van der Waals surface area contributed by atoms with Gasteiger partial charge >= 0.3 is 40.3 Å². The maximum absolute atomic E-state index is 2.99. The van der Waals surface area contributed by atoms with E-state index in [1.54, 1.807) is 27.4 Å². The molecule has 0 amide bonds. The van der Waals surface area contributed by atoms with Crippen molar-refractivity contribution in [3.63, 3.8) is 0 Å². The molecule has 1 fully saturated rings. The predicted molar refractivity (Wildman–Crippen MR) is 170 cm³/mol. The Balaban J connectivity index is 0.000000304. The molecule has 2 aliphatic carbocycles. The van der Waals surface area contributed by atoms with Gasteiger partial charge in [-0.1, -0.05) is 124 Å². The molecule has 0 nitrogen and oxygen atoms in total. The second-order valence-corrected chi connectivity index (χ2v) is 13.6. The van der Waals surface area contributed by atoms with E-state index in [0.717, 1.165) is 6.42 Å². The van der Waals surface area contributed by atoms with Crippen molar-refractivity contribution in [3.8, 4) is 0 Å². The van der Waals surface area contributed by atoms with Gasteiger partial charge in [0.15, 0.2) is 0 Å². The summed E-state index contributed by atoms with van der Waals surface area (Å²) in [6.07, 6.45) is 12.9. The molecule has 198 valence electrons. The number of hydrogen-bond donors (Lipinski definition) is 0. The van der Waals surface area contributed by atoms with Gasteiger partial charge in [0.05, 0.1) is 0 Å². The Labute approximate surface area is 255 Å². The standard InChI is InChI=1S/C31H29.C5H5.C3H4.Zr/c1-30(2,24-11-7-5-8-12-24)26-17-15-22-19-23-16-18-27(21-29(23)28(22)20-26)31(3,4)25-13-9-6-10-14-25;1-2-4-5-3-1;1-2-3-1;/h5-21H,1-4H3;1-3H,4H2;1-2H2;/q2*-1;;+2. The van der Waals surface area contributed by atoms with Crippen molar-refractivity contribution in [2.45, 2.75) is 57.8 Å². The van der Waals surface area contributed by atoms with E-state index >= 15 is 0 Å². The minimum absolute atomic E-state index is 0.0417. The van der Waals surface area contributed by atoms with Gasteiger partial charge in [-0.05, 0) is 11.1 Å². The van der Waals surface area contributed by atoms with Gasteiger partial charge in [-0.3, -0.25) is 6.08 Å². The molecule has 1 heteroatoms. The molecule has 0 atom stereocenters. The molecule has 40 heavy (non-hydrogen) atoms. The van der Waals surface area contributed by atoms with Crippen molar-refractivity contribution >= 4 is 24.8 Å². The average Bonchev–Trinajstić information content (AvgIpc) is 3.41. The van der Waals surface area contributed by atoms with Crippen LogP contribution >= 0.6 is 0 Å². The van der Waals surface area contributed by atoms with Gasteiger partial charge in [0.2, 0.25) is 0 Å². The fourth-order valence-corrected chi connectivity index (χ4v) is 5.53. The molecule has 0 radical (unpaired) electrons. The molecule has 0 aliphatic heterocycles. The van der Waals surface area contributed by atoms with Crippen LogP contribution in [-0.2, 0) is 35.1 Å². The van der Waals surface area contributed by atoms with Gasteiger partial charge in [-0.25, -0.2) is 12.2 Å². The zero-order valence-electron chi connectivity index (χ0n) is 24.2. The van der Waals surface area contributed by atoms with E-state index in [2.05, 4.69) is 143 Å². The van der Waals surface area contributed by atoms with E-state index in [1.807, 2.05) is 12.2 Å². The van der Waals surface area contributed by atoms with Crippen LogP contribution in [0.25, 0.3) is 21.5 Å². The number of allylic oxidation sites excluding steroid dienone is 4. The third kappa shape index (κ3) is 6.48. The van der Waals surface area contributed by atoms with Gasteiger partial charge in [0, 0.05) is 10.8 Å². The summed E-state index contributed by atoms with van der Waals surface area (Å²) in [5, 5.41) is 5.33. The van der Waals surface area contributed by atoms with Crippen LogP contribution in [0, 0.1) is 6.08 Å². The average molecular weight is 598 g/mol. The van der Waals surface area contributed by atoms with Crippen LogP contribution in [0.5, 0.6) is 0 Å². The summed E-state index contributed by atoms with van der Waals surface area (Å²) in [5.41, 5.74) is 5.31. The Morgan fingerprint density at radius 1 is 0.625 bits per heavy atom. The Kier molecular flexibility index (Phi) is 8.72. The van der Waals surface area contributed by atoms with Gasteiger partial charge in [-0.2, -0.15) is 6.08 Å². The number of benzene rings is 4. The first-order valence-corrected chi connectivity index (χ1v) is 15.5. The zero-order valence-corrected chi connectivity index (χ0v) is 26.6. The van der Waals surface area contributed by atoms with E-state index in [0.29, 0.717) is 0 Å². The number of fused-ring (bicyclic) bond motifs is 3. The normalized spacial score (nSPS) is 14.1. The van der Waals surface area contributed by atoms with Crippen LogP contribution in [0.3, 0.4) is 0 Å². The van der Waals surface area contributed by atoms with Crippen molar-refractivity contribution in [1.82, 2.24) is 0 Å². The Morgan fingerprint density at radius 3 is 1.40 bits per heavy atom. The molecular formula is C39H38Zr. The van der Waals surface area contributed by atoms with E-state index in [-0.39, 0.29) is 10.8 Å². The Hall–Kier alpha value is -3.02. The molecule has 1 saturated carbocycles. The van der Waals surface area contributed by atoms with Crippen molar-refractivity contribution < 1.29 is 24.2 Å². The number of hydrogen-bond acceptors (Lipinski definition) is 0. The van der Waals surface area contributed by atoms with Crippen LogP contribution in [-0.4, -0.2) is 3.21 Å². The van der Waals surface area contributed by atoms with E-state index < -0.39 is 0 Å². The van der Waals surface area contributed by atoms with Gasteiger partial charge in [0.25, 0.3) is 0 Å². The summed E-state index contributed by atoms with van der Waals surface area (Å²) in [7, 11) is 0. The quantitative estimate of drug-likeness (QED) is 0.181. The zero-order chi connectivity index (χ0) is 28.2. The summed E-state index contributed by atoms with van der Waals surface area (Å²) in [6.45, 7) is 9.27. The molecule has 0 aromatic heterocycles. The molecule has 2 aliphatic rings. The summed E-state index contributed by atoms with van der Waals surface area (Å²) in [6, 6.07) is 37.9. The van der Waals surface area contributed by atoms with Crippen molar-refractivity contribution in [2.24, 2.45) is 0 Å². The molecule has 0 spiro atoms. The molecular weight excluding hydrogens is 560 g/mol. The van der Waals surface area contributed by atoms with E-state index in [4.69, 9.17) is 0 Å². The molecule has 7 rings (SSSR count). The third-order valence-electron chi connectivity index (χ3n) is 8.23. The fourth-order valence-electron chi connectivity index (χ4n) is 5.22. The van der Waals surface area contributed by atoms with Crippen LogP contribution < -0.4 is 0 Å². The second-order valence-electron chi connectivity index (χ2n) is 11.8. The van der Waals surface area contributed by atoms with E-state index in [1.165, 1.54) is 56.6 Å². The molecule has 0 unspecified atom stereocenters. The predicted octanol–water partition coefficient (Wildman–Crippen LogP) is 10.2.